The van der Waals surface area contributed by atoms with Crippen molar-refractivity contribution in [1.82, 2.24) is 9.97 Å². The van der Waals surface area contributed by atoms with Crippen LogP contribution in [-0.4, -0.2) is 18.0 Å². The summed E-state index contributed by atoms with van der Waals surface area (Å²) in [4.78, 5) is 9.02. The van der Waals surface area contributed by atoms with Crippen molar-refractivity contribution in [3.05, 3.63) is 115 Å². The van der Waals surface area contributed by atoms with E-state index < -0.39 is 8.07 Å². The normalized spacial score (nSPS) is 11.5. The predicted octanol–water partition coefficient (Wildman–Crippen LogP) is 9.79. The molecule has 0 atom stereocenters. The first-order valence-electron chi connectivity index (χ1n) is 14.4. The van der Waals surface area contributed by atoms with Gasteiger partial charge in [0, 0.05) is 37.9 Å². The summed E-state index contributed by atoms with van der Waals surface area (Å²) in [7, 11) is -1.37. The molecule has 3 aromatic carbocycles. The van der Waals surface area contributed by atoms with Gasteiger partial charge in [0.25, 0.3) is 0 Å². The molecule has 0 spiro atoms. The van der Waals surface area contributed by atoms with Crippen LogP contribution in [0, 0.1) is 12.1 Å². The zero-order chi connectivity index (χ0) is 29.1. The summed E-state index contributed by atoms with van der Waals surface area (Å²) in [6.45, 7) is 15.9. The Morgan fingerprint density at radius 2 is 1.50 bits per heavy atom. The molecule has 1 radical (unpaired) electrons. The summed E-state index contributed by atoms with van der Waals surface area (Å²) in [6, 6.07) is 33.6. The van der Waals surface area contributed by atoms with Crippen molar-refractivity contribution in [3.8, 4) is 22.5 Å². The van der Waals surface area contributed by atoms with E-state index >= 15 is 0 Å². The molecule has 0 saturated heterocycles. The SMILES string of the molecule is CC(C)c1ccc(-c2[c-]cccc2)nc1.CC(C)c1ccnc(-c2[c-]ccc3c2oc2ccc([Si](C)(C)C)cc23)c1.[Ir]. The van der Waals surface area contributed by atoms with E-state index in [-0.39, 0.29) is 20.1 Å². The van der Waals surface area contributed by atoms with Gasteiger partial charge in [-0.15, -0.1) is 54.1 Å². The third-order valence-electron chi connectivity index (χ3n) is 7.44. The van der Waals surface area contributed by atoms with E-state index in [2.05, 4.69) is 118 Å². The van der Waals surface area contributed by atoms with Crippen molar-refractivity contribution in [3.63, 3.8) is 0 Å². The molecule has 0 aliphatic heterocycles. The second kappa shape index (κ2) is 13.3. The third-order valence-corrected chi connectivity index (χ3v) is 9.49. The minimum absolute atomic E-state index is 0. The Labute approximate surface area is 264 Å². The Morgan fingerprint density at radius 1 is 0.714 bits per heavy atom. The molecule has 3 nitrogen and oxygen atoms in total. The molecule has 6 aromatic rings. The van der Waals surface area contributed by atoms with Crippen molar-refractivity contribution in [2.45, 2.75) is 59.2 Å². The van der Waals surface area contributed by atoms with Crippen LogP contribution in [0.5, 0.6) is 0 Å². The van der Waals surface area contributed by atoms with Crippen molar-refractivity contribution in [2.24, 2.45) is 0 Å². The Morgan fingerprint density at radius 3 is 2.14 bits per heavy atom. The van der Waals surface area contributed by atoms with Gasteiger partial charge in [-0.2, -0.15) is 0 Å². The summed E-state index contributed by atoms with van der Waals surface area (Å²) in [5.74, 6) is 0.997. The quantitative estimate of drug-likeness (QED) is 0.130. The molecule has 0 amide bonds. The topological polar surface area (TPSA) is 38.9 Å². The molecule has 3 aromatic heterocycles. The molecule has 5 heteroatoms. The molecule has 0 bridgehead atoms. The van der Waals surface area contributed by atoms with Crippen LogP contribution >= 0.6 is 0 Å². The fourth-order valence-corrected chi connectivity index (χ4v) is 5.96. The van der Waals surface area contributed by atoms with Gasteiger partial charge >= 0.3 is 0 Å². The molecule has 217 valence electrons. The molecular weight excluding hydrogens is 709 g/mol. The first-order chi connectivity index (χ1) is 19.6. The van der Waals surface area contributed by atoms with Crippen molar-refractivity contribution in [1.29, 1.82) is 0 Å². The molecule has 0 fully saturated rings. The fraction of sp³-hybridized carbons (Fsp3) is 0.243. The van der Waals surface area contributed by atoms with E-state index in [0.717, 1.165) is 39.1 Å². The zero-order valence-electron chi connectivity index (χ0n) is 25.5. The second-order valence-electron chi connectivity index (χ2n) is 12.2. The summed E-state index contributed by atoms with van der Waals surface area (Å²) in [5.41, 5.74) is 8.26. The van der Waals surface area contributed by atoms with E-state index in [0.29, 0.717) is 11.8 Å². The number of aromatic nitrogens is 2. The first kappa shape index (κ1) is 31.6. The van der Waals surface area contributed by atoms with Crippen LogP contribution in [0.3, 0.4) is 0 Å². The Balaban J connectivity index is 0.000000216. The Kier molecular flexibility index (Phi) is 9.99. The molecule has 0 N–H and O–H groups in total. The molecule has 0 saturated carbocycles. The Hall–Kier alpha value is -3.37. The third kappa shape index (κ3) is 6.98. The predicted molar refractivity (Wildman–Crippen MR) is 175 cm³/mol. The minimum atomic E-state index is -1.37. The number of furan rings is 1. The maximum absolute atomic E-state index is 6.25. The molecule has 0 unspecified atom stereocenters. The van der Waals surface area contributed by atoms with Crippen LogP contribution in [0.25, 0.3) is 44.5 Å². The molecular formula is C37H38IrN2OSi-2. The monoisotopic (exact) mass is 747 g/mol. The van der Waals surface area contributed by atoms with Crippen LogP contribution in [0.2, 0.25) is 19.6 Å². The average Bonchev–Trinajstić information content (AvgIpc) is 3.36. The van der Waals surface area contributed by atoms with Crippen molar-refractivity contribution in [2.75, 3.05) is 0 Å². The van der Waals surface area contributed by atoms with Gasteiger partial charge in [-0.3, -0.25) is 0 Å². The van der Waals surface area contributed by atoms with Crippen LogP contribution in [-0.2, 0) is 20.1 Å². The van der Waals surface area contributed by atoms with Crippen LogP contribution < -0.4 is 5.19 Å². The van der Waals surface area contributed by atoms with E-state index in [1.54, 1.807) is 0 Å². The van der Waals surface area contributed by atoms with Gasteiger partial charge < -0.3 is 14.4 Å². The Bertz CT molecular complexity index is 1770. The molecule has 6 rings (SSSR count). The number of benzene rings is 3. The number of rotatable bonds is 5. The standard InChI is InChI=1S/C23H24NOSi.C14H14N.Ir/c1-15(2)16-11-12-24-21(13-16)19-8-6-7-18-20-14-17(26(3,4)5)9-10-22(20)25-23(18)19;1-11(2)13-8-9-14(15-10-13)12-6-4-3-5-7-12;/h6-7,9-15H,1-5H3;3-6,8-11H,1-2H3;/q2*-1;. The van der Waals surface area contributed by atoms with E-state index in [1.165, 1.54) is 21.7 Å². The number of fused-ring (bicyclic) bond motifs is 3. The smallest absolute Gasteiger partial charge is 0.120 e. The number of pyridine rings is 2. The number of hydrogen-bond donors (Lipinski definition) is 0. The van der Waals surface area contributed by atoms with Gasteiger partial charge in [0.15, 0.2) is 0 Å². The maximum Gasteiger partial charge on any atom is 0.120 e. The van der Waals surface area contributed by atoms with Gasteiger partial charge in [-0.1, -0.05) is 99.4 Å². The largest absolute Gasteiger partial charge is 0.501 e. The van der Waals surface area contributed by atoms with E-state index in [9.17, 15) is 0 Å². The van der Waals surface area contributed by atoms with Gasteiger partial charge in [-0.05, 0) is 40.9 Å². The van der Waals surface area contributed by atoms with Crippen LogP contribution in [0.4, 0.5) is 0 Å². The summed E-state index contributed by atoms with van der Waals surface area (Å²) in [5, 5.41) is 3.78. The maximum atomic E-state index is 6.25. The first-order valence-corrected chi connectivity index (χ1v) is 17.9. The zero-order valence-corrected chi connectivity index (χ0v) is 28.8. The summed E-state index contributed by atoms with van der Waals surface area (Å²) < 4.78 is 6.25. The van der Waals surface area contributed by atoms with Crippen LogP contribution in [0.1, 0.15) is 50.7 Å². The van der Waals surface area contributed by atoms with Gasteiger partial charge in [0.1, 0.15) is 5.58 Å². The summed E-state index contributed by atoms with van der Waals surface area (Å²) in [6.07, 6.45) is 3.82. The number of hydrogen-bond acceptors (Lipinski definition) is 3. The van der Waals surface area contributed by atoms with Crippen molar-refractivity contribution < 1.29 is 24.5 Å². The van der Waals surface area contributed by atoms with E-state index in [1.807, 2.05) is 42.7 Å². The molecule has 0 aliphatic carbocycles. The van der Waals surface area contributed by atoms with Crippen molar-refractivity contribution >= 4 is 35.2 Å². The number of nitrogens with zero attached hydrogens (tertiary/aromatic N) is 2. The van der Waals surface area contributed by atoms with Gasteiger partial charge in [0.2, 0.25) is 0 Å². The second-order valence-corrected chi connectivity index (χ2v) is 17.3. The minimum Gasteiger partial charge on any atom is -0.501 e. The fourth-order valence-electron chi connectivity index (χ4n) is 4.80. The van der Waals surface area contributed by atoms with Crippen LogP contribution in [0.15, 0.2) is 95.7 Å². The molecule has 0 aliphatic rings. The molecule has 42 heavy (non-hydrogen) atoms. The summed E-state index contributed by atoms with van der Waals surface area (Å²) >= 11 is 0. The molecule has 3 heterocycles. The van der Waals surface area contributed by atoms with Gasteiger partial charge in [0.05, 0.1) is 13.7 Å². The van der Waals surface area contributed by atoms with Gasteiger partial charge in [-0.25, -0.2) is 0 Å². The average molecular weight is 747 g/mol. The van der Waals surface area contributed by atoms with E-state index in [4.69, 9.17) is 4.42 Å².